The molecule has 1 fully saturated rings. The number of likely N-dealkylation sites (tertiary alicyclic amines) is 1. The number of halogens is 1. The molecule has 2 amide bonds. The first-order chi connectivity index (χ1) is 12.4. The number of thioether (sulfide) groups is 1. The van der Waals surface area contributed by atoms with Gasteiger partial charge in [0.1, 0.15) is 10.1 Å². The quantitative estimate of drug-likeness (QED) is 0.721. The zero-order valence-corrected chi connectivity index (χ0v) is 17.2. The van der Waals surface area contributed by atoms with Gasteiger partial charge in [-0.15, -0.1) is 0 Å². The smallest absolute Gasteiger partial charge is 0.244 e. The lowest BCUT2D eigenvalue weighted by Crippen LogP contribution is -2.36. The molecule has 1 heterocycles. The Morgan fingerprint density at radius 1 is 1.38 bits per heavy atom. The van der Waals surface area contributed by atoms with E-state index in [0.717, 1.165) is 30.3 Å². The number of nitrogens with one attached hydrogen (secondary N) is 1. The van der Waals surface area contributed by atoms with Crippen molar-refractivity contribution >= 4 is 57.4 Å². The van der Waals surface area contributed by atoms with E-state index in [2.05, 4.69) is 10.2 Å². The van der Waals surface area contributed by atoms with Gasteiger partial charge in [-0.3, -0.25) is 9.59 Å². The third-order valence-corrected chi connectivity index (χ3v) is 5.67. The van der Waals surface area contributed by atoms with E-state index in [1.54, 1.807) is 25.2 Å². The minimum absolute atomic E-state index is 0.0640. The predicted octanol–water partition coefficient (Wildman–Crippen LogP) is 2.86. The number of ether oxygens (including phenoxy) is 1. The second kappa shape index (κ2) is 9.99. The number of hydrogen-bond donors (Lipinski definition) is 1. The van der Waals surface area contributed by atoms with Crippen molar-refractivity contribution in [1.82, 2.24) is 9.80 Å². The molecule has 0 atom stereocenters. The Balaban J connectivity index is 1.81. The number of nitrogens with zero attached hydrogens (tertiary/aromatic N) is 2. The van der Waals surface area contributed by atoms with E-state index in [1.807, 2.05) is 0 Å². The molecule has 0 aromatic heterocycles. The van der Waals surface area contributed by atoms with E-state index in [9.17, 15) is 9.59 Å². The molecule has 0 saturated carbocycles. The van der Waals surface area contributed by atoms with E-state index in [-0.39, 0.29) is 24.1 Å². The van der Waals surface area contributed by atoms with Gasteiger partial charge >= 0.3 is 0 Å². The van der Waals surface area contributed by atoms with Crippen molar-refractivity contribution < 1.29 is 14.3 Å². The van der Waals surface area contributed by atoms with Crippen molar-refractivity contribution in [1.29, 1.82) is 0 Å². The molecule has 1 saturated heterocycles. The number of anilines is 1. The van der Waals surface area contributed by atoms with Crippen LogP contribution >= 0.6 is 35.6 Å². The van der Waals surface area contributed by atoms with Crippen LogP contribution in [-0.2, 0) is 9.59 Å². The van der Waals surface area contributed by atoms with Crippen LogP contribution < -0.4 is 10.1 Å². The van der Waals surface area contributed by atoms with Gasteiger partial charge < -0.3 is 19.9 Å². The molecule has 2 rings (SSSR count). The van der Waals surface area contributed by atoms with E-state index < -0.39 is 0 Å². The molecule has 6 nitrogen and oxygen atoms in total. The van der Waals surface area contributed by atoms with E-state index in [4.69, 9.17) is 28.6 Å². The number of hydrogen-bond acceptors (Lipinski definition) is 5. The zero-order chi connectivity index (χ0) is 19.1. The SMILES string of the molecule is COc1ccc(Cl)cc1NC(=O)CN(C)C(=O)CSC(=S)N1CCCC1. The molecule has 0 aliphatic carbocycles. The summed E-state index contributed by atoms with van der Waals surface area (Å²) in [6, 6.07) is 4.94. The van der Waals surface area contributed by atoms with Gasteiger partial charge in [0.15, 0.2) is 0 Å². The van der Waals surface area contributed by atoms with E-state index in [0.29, 0.717) is 16.5 Å². The minimum atomic E-state index is -0.325. The molecule has 9 heteroatoms. The van der Waals surface area contributed by atoms with Crippen molar-refractivity contribution in [3.05, 3.63) is 23.2 Å². The van der Waals surface area contributed by atoms with Gasteiger partial charge in [-0.05, 0) is 31.0 Å². The number of methoxy groups -OCH3 is 1. The molecule has 0 spiro atoms. The topological polar surface area (TPSA) is 61.9 Å². The Bertz CT molecular complexity index is 681. The molecule has 1 aliphatic heterocycles. The van der Waals surface area contributed by atoms with Crippen molar-refractivity contribution in [2.75, 3.05) is 44.9 Å². The summed E-state index contributed by atoms with van der Waals surface area (Å²) in [5.41, 5.74) is 0.468. The van der Waals surface area contributed by atoms with E-state index >= 15 is 0 Å². The number of carbonyl (C=O) groups is 2. The number of likely N-dealkylation sites (N-methyl/N-ethyl adjacent to an activating group) is 1. The van der Waals surface area contributed by atoms with Crippen LogP contribution in [-0.4, -0.2) is 65.5 Å². The van der Waals surface area contributed by atoms with Crippen LogP contribution in [0.4, 0.5) is 5.69 Å². The van der Waals surface area contributed by atoms with Crippen LogP contribution in [0.25, 0.3) is 0 Å². The summed E-state index contributed by atoms with van der Waals surface area (Å²) in [6.07, 6.45) is 2.28. The van der Waals surface area contributed by atoms with Gasteiger partial charge in [-0.1, -0.05) is 35.6 Å². The van der Waals surface area contributed by atoms with Gasteiger partial charge in [0.05, 0.1) is 25.1 Å². The normalized spacial score (nSPS) is 13.4. The highest BCUT2D eigenvalue weighted by molar-refractivity contribution is 8.23. The maximum absolute atomic E-state index is 12.2. The monoisotopic (exact) mass is 415 g/mol. The number of carbonyl (C=O) groups excluding carboxylic acids is 2. The Kier molecular flexibility index (Phi) is 7.99. The molecule has 1 aromatic rings. The first-order valence-electron chi connectivity index (χ1n) is 8.19. The van der Waals surface area contributed by atoms with Gasteiger partial charge in [0, 0.05) is 25.2 Å². The summed E-state index contributed by atoms with van der Waals surface area (Å²) >= 11 is 12.6. The van der Waals surface area contributed by atoms with Crippen LogP contribution in [0.15, 0.2) is 18.2 Å². The van der Waals surface area contributed by atoms with Crippen LogP contribution in [0.1, 0.15) is 12.8 Å². The van der Waals surface area contributed by atoms with Gasteiger partial charge in [0.2, 0.25) is 11.8 Å². The molecule has 0 unspecified atom stereocenters. The maximum atomic E-state index is 12.2. The van der Waals surface area contributed by atoms with Crippen molar-refractivity contribution in [3.8, 4) is 5.75 Å². The Labute approximate surface area is 168 Å². The van der Waals surface area contributed by atoms with E-state index in [1.165, 1.54) is 23.8 Å². The molecular formula is C17H22ClN3O3S2. The lowest BCUT2D eigenvalue weighted by atomic mass is 10.3. The highest BCUT2D eigenvalue weighted by Crippen LogP contribution is 2.27. The first kappa shape index (κ1) is 20.8. The van der Waals surface area contributed by atoms with Crippen LogP contribution in [0.3, 0.4) is 0 Å². The van der Waals surface area contributed by atoms with Crippen molar-refractivity contribution in [2.45, 2.75) is 12.8 Å². The van der Waals surface area contributed by atoms with Crippen LogP contribution in [0.5, 0.6) is 5.75 Å². The van der Waals surface area contributed by atoms with Gasteiger partial charge in [-0.25, -0.2) is 0 Å². The molecule has 142 valence electrons. The maximum Gasteiger partial charge on any atom is 0.244 e. The Hall–Kier alpha value is -1.51. The average molecular weight is 416 g/mol. The first-order valence-corrected chi connectivity index (χ1v) is 9.97. The number of rotatable bonds is 6. The molecule has 1 aliphatic rings. The predicted molar refractivity (Wildman–Crippen MR) is 110 cm³/mol. The Morgan fingerprint density at radius 2 is 2.08 bits per heavy atom. The molecule has 0 bridgehead atoms. The van der Waals surface area contributed by atoms with Gasteiger partial charge in [0.25, 0.3) is 0 Å². The summed E-state index contributed by atoms with van der Waals surface area (Å²) in [6.45, 7) is 1.85. The fourth-order valence-corrected chi connectivity index (χ4v) is 3.86. The summed E-state index contributed by atoms with van der Waals surface area (Å²) in [5, 5.41) is 3.20. The molecule has 0 radical (unpaired) electrons. The van der Waals surface area contributed by atoms with Crippen LogP contribution in [0.2, 0.25) is 5.02 Å². The third-order valence-electron chi connectivity index (χ3n) is 3.93. The van der Waals surface area contributed by atoms with Crippen molar-refractivity contribution in [3.63, 3.8) is 0 Å². The fraction of sp³-hybridized carbons (Fsp3) is 0.471. The molecule has 26 heavy (non-hydrogen) atoms. The largest absolute Gasteiger partial charge is 0.495 e. The highest BCUT2D eigenvalue weighted by atomic mass is 35.5. The second-order valence-corrected chi connectivity index (χ2v) is 7.94. The molecule has 1 N–H and O–H groups in total. The molecule has 1 aromatic carbocycles. The van der Waals surface area contributed by atoms with Crippen molar-refractivity contribution in [2.24, 2.45) is 0 Å². The summed E-state index contributed by atoms with van der Waals surface area (Å²) < 4.78 is 5.94. The summed E-state index contributed by atoms with van der Waals surface area (Å²) in [4.78, 5) is 27.9. The summed E-state index contributed by atoms with van der Waals surface area (Å²) in [7, 11) is 3.10. The standard InChI is InChI=1S/C17H22ClN3O3S2/c1-20(16(23)11-26-17(25)21-7-3-4-8-21)10-15(22)19-13-9-12(18)5-6-14(13)24-2/h5-6,9H,3-4,7-8,10-11H2,1-2H3,(H,19,22). The molecular weight excluding hydrogens is 394 g/mol. The third kappa shape index (κ3) is 6.03. The zero-order valence-electron chi connectivity index (χ0n) is 14.8. The lowest BCUT2D eigenvalue weighted by molar-refractivity contribution is -0.131. The number of amides is 2. The number of benzene rings is 1. The minimum Gasteiger partial charge on any atom is -0.495 e. The fourth-order valence-electron chi connectivity index (χ4n) is 2.50. The van der Waals surface area contributed by atoms with Crippen LogP contribution in [0, 0.1) is 0 Å². The Morgan fingerprint density at radius 3 is 2.73 bits per heavy atom. The number of thiocarbonyl (C=S) groups is 1. The summed E-state index contributed by atoms with van der Waals surface area (Å²) in [5.74, 6) is 0.251. The second-order valence-electron chi connectivity index (χ2n) is 5.89. The average Bonchev–Trinajstić information content (AvgIpc) is 3.14. The van der Waals surface area contributed by atoms with Gasteiger partial charge in [-0.2, -0.15) is 0 Å². The highest BCUT2D eigenvalue weighted by Gasteiger charge is 2.19. The lowest BCUT2D eigenvalue weighted by Gasteiger charge is -2.20.